The predicted octanol–water partition coefficient (Wildman–Crippen LogP) is 4.87. The standard InChI is InChI=1S/C15H12ClNS/c1-11-2-7-15(12(10-11)8-9-17)18-14-5-3-13(16)4-6-14/h2-7,10H,8H2,1H3. The molecule has 2 rings (SSSR count). The minimum absolute atomic E-state index is 0.442. The van der Waals surface area contributed by atoms with Gasteiger partial charge in [0.2, 0.25) is 0 Å². The molecule has 0 N–H and O–H groups in total. The molecule has 3 heteroatoms. The molecular weight excluding hydrogens is 262 g/mol. The molecule has 0 aliphatic heterocycles. The van der Waals surface area contributed by atoms with Crippen LogP contribution >= 0.6 is 23.4 Å². The maximum absolute atomic E-state index is 8.86. The SMILES string of the molecule is Cc1ccc(Sc2ccc(Cl)cc2)c(CC#N)c1. The van der Waals surface area contributed by atoms with Gasteiger partial charge >= 0.3 is 0 Å². The normalized spacial score (nSPS) is 10.1. The van der Waals surface area contributed by atoms with Gasteiger partial charge in [-0.2, -0.15) is 5.26 Å². The summed E-state index contributed by atoms with van der Waals surface area (Å²) in [6, 6.07) is 16.2. The zero-order valence-corrected chi connectivity index (χ0v) is 11.6. The Morgan fingerprint density at radius 3 is 2.56 bits per heavy atom. The Labute approximate surface area is 116 Å². The highest BCUT2D eigenvalue weighted by atomic mass is 35.5. The Bertz CT molecular complexity index is 584. The third-order valence-electron chi connectivity index (χ3n) is 2.53. The van der Waals surface area contributed by atoms with Gasteiger partial charge in [0.1, 0.15) is 0 Å². The van der Waals surface area contributed by atoms with Crippen LogP contribution in [0.2, 0.25) is 5.02 Å². The summed E-state index contributed by atoms with van der Waals surface area (Å²) in [5, 5.41) is 9.60. The third kappa shape index (κ3) is 3.29. The average molecular weight is 274 g/mol. The lowest BCUT2D eigenvalue weighted by Gasteiger charge is -2.07. The largest absolute Gasteiger partial charge is 0.198 e. The first-order chi connectivity index (χ1) is 8.69. The fourth-order valence-corrected chi connectivity index (χ4v) is 2.71. The number of nitrogens with zero attached hydrogens (tertiary/aromatic N) is 1. The summed E-state index contributed by atoms with van der Waals surface area (Å²) < 4.78 is 0. The van der Waals surface area contributed by atoms with Crippen molar-refractivity contribution in [1.82, 2.24) is 0 Å². The minimum atomic E-state index is 0.442. The van der Waals surface area contributed by atoms with E-state index in [-0.39, 0.29) is 0 Å². The van der Waals surface area contributed by atoms with Crippen LogP contribution in [0.1, 0.15) is 11.1 Å². The molecule has 0 aliphatic carbocycles. The number of rotatable bonds is 3. The van der Waals surface area contributed by atoms with Gasteiger partial charge < -0.3 is 0 Å². The molecule has 0 unspecified atom stereocenters. The molecule has 0 aromatic heterocycles. The van der Waals surface area contributed by atoms with E-state index < -0.39 is 0 Å². The van der Waals surface area contributed by atoms with E-state index in [0.717, 1.165) is 20.4 Å². The van der Waals surface area contributed by atoms with E-state index in [9.17, 15) is 0 Å². The highest BCUT2D eigenvalue weighted by molar-refractivity contribution is 7.99. The Morgan fingerprint density at radius 1 is 1.17 bits per heavy atom. The van der Waals surface area contributed by atoms with Crippen LogP contribution in [0.5, 0.6) is 0 Å². The molecule has 0 atom stereocenters. The lowest BCUT2D eigenvalue weighted by Crippen LogP contribution is -1.88. The van der Waals surface area contributed by atoms with Gasteiger partial charge in [-0.1, -0.05) is 41.1 Å². The van der Waals surface area contributed by atoms with E-state index >= 15 is 0 Å². The molecule has 0 spiro atoms. The highest BCUT2D eigenvalue weighted by Crippen LogP contribution is 2.31. The number of hydrogen-bond donors (Lipinski definition) is 0. The van der Waals surface area contributed by atoms with E-state index in [2.05, 4.69) is 24.3 Å². The van der Waals surface area contributed by atoms with Gasteiger partial charge in [-0.25, -0.2) is 0 Å². The van der Waals surface area contributed by atoms with Gasteiger partial charge in [0.05, 0.1) is 12.5 Å². The second-order valence-electron chi connectivity index (χ2n) is 4.00. The summed E-state index contributed by atoms with van der Waals surface area (Å²) in [5.74, 6) is 0. The minimum Gasteiger partial charge on any atom is -0.198 e. The summed E-state index contributed by atoms with van der Waals surface area (Å²) in [6.07, 6.45) is 0.442. The van der Waals surface area contributed by atoms with Gasteiger partial charge in [0.15, 0.2) is 0 Å². The molecule has 0 bridgehead atoms. The van der Waals surface area contributed by atoms with Crippen LogP contribution in [0.25, 0.3) is 0 Å². The number of hydrogen-bond acceptors (Lipinski definition) is 2. The maximum Gasteiger partial charge on any atom is 0.0670 e. The van der Waals surface area contributed by atoms with E-state index in [0.29, 0.717) is 6.42 Å². The average Bonchev–Trinajstić information content (AvgIpc) is 2.36. The number of aryl methyl sites for hydroxylation is 1. The van der Waals surface area contributed by atoms with E-state index in [1.54, 1.807) is 11.8 Å². The second kappa shape index (κ2) is 5.95. The predicted molar refractivity (Wildman–Crippen MR) is 76.1 cm³/mol. The van der Waals surface area contributed by atoms with Gasteiger partial charge in [-0.15, -0.1) is 0 Å². The van der Waals surface area contributed by atoms with Gasteiger partial charge in [-0.05, 0) is 42.8 Å². The monoisotopic (exact) mass is 273 g/mol. The zero-order chi connectivity index (χ0) is 13.0. The van der Waals surface area contributed by atoms with Crippen LogP contribution in [0.3, 0.4) is 0 Å². The molecule has 1 nitrogen and oxygen atoms in total. The first-order valence-corrected chi connectivity index (χ1v) is 6.78. The van der Waals surface area contributed by atoms with Crippen molar-refractivity contribution in [3.05, 3.63) is 58.6 Å². The van der Waals surface area contributed by atoms with E-state index in [1.807, 2.05) is 31.2 Å². The smallest absolute Gasteiger partial charge is 0.0670 e. The van der Waals surface area contributed by atoms with Crippen LogP contribution < -0.4 is 0 Å². The molecule has 2 aromatic rings. The topological polar surface area (TPSA) is 23.8 Å². The van der Waals surface area contributed by atoms with Crippen molar-refractivity contribution in [2.75, 3.05) is 0 Å². The van der Waals surface area contributed by atoms with Crippen LogP contribution in [-0.4, -0.2) is 0 Å². The van der Waals surface area contributed by atoms with Crippen molar-refractivity contribution < 1.29 is 0 Å². The Hall–Kier alpha value is -1.43. The second-order valence-corrected chi connectivity index (χ2v) is 5.55. The van der Waals surface area contributed by atoms with Crippen LogP contribution in [0.15, 0.2) is 52.3 Å². The van der Waals surface area contributed by atoms with Crippen molar-refractivity contribution in [3.63, 3.8) is 0 Å². The van der Waals surface area contributed by atoms with E-state index in [4.69, 9.17) is 16.9 Å². The van der Waals surface area contributed by atoms with Crippen LogP contribution in [0, 0.1) is 18.3 Å². The summed E-state index contributed by atoms with van der Waals surface area (Å²) in [6.45, 7) is 2.04. The first kappa shape index (κ1) is 13.0. The number of benzene rings is 2. The fourth-order valence-electron chi connectivity index (χ4n) is 1.66. The Kier molecular flexibility index (Phi) is 4.30. The third-order valence-corrected chi connectivity index (χ3v) is 3.90. The molecule has 0 heterocycles. The molecule has 18 heavy (non-hydrogen) atoms. The Balaban J connectivity index is 2.28. The van der Waals surface area contributed by atoms with E-state index in [1.165, 1.54) is 5.56 Å². The maximum atomic E-state index is 8.86. The highest BCUT2D eigenvalue weighted by Gasteiger charge is 2.05. The number of nitriles is 1. The molecule has 0 saturated heterocycles. The summed E-state index contributed by atoms with van der Waals surface area (Å²) in [7, 11) is 0. The quantitative estimate of drug-likeness (QED) is 0.797. The number of halogens is 1. The molecule has 90 valence electrons. The molecule has 0 fully saturated rings. The lowest BCUT2D eigenvalue weighted by molar-refractivity contribution is 1.16. The van der Waals surface area contributed by atoms with Crippen molar-refractivity contribution in [2.24, 2.45) is 0 Å². The van der Waals surface area contributed by atoms with Gasteiger partial charge in [0.25, 0.3) is 0 Å². The van der Waals surface area contributed by atoms with Crippen molar-refractivity contribution in [2.45, 2.75) is 23.1 Å². The van der Waals surface area contributed by atoms with Gasteiger partial charge in [-0.3, -0.25) is 0 Å². The van der Waals surface area contributed by atoms with Gasteiger partial charge in [0, 0.05) is 14.8 Å². The summed E-state index contributed by atoms with van der Waals surface area (Å²) >= 11 is 7.53. The lowest BCUT2D eigenvalue weighted by atomic mass is 10.1. The summed E-state index contributed by atoms with van der Waals surface area (Å²) in [4.78, 5) is 2.26. The molecule has 0 radical (unpaired) electrons. The fraction of sp³-hybridized carbons (Fsp3) is 0.133. The molecular formula is C15H12ClNS. The van der Waals surface area contributed by atoms with Crippen molar-refractivity contribution >= 4 is 23.4 Å². The Morgan fingerprint density at radius 2 is 1.89 bits per heavy atom. The summed E-state index contributed by atoms with van der Waals surface area (Å²) in [5.41, 5.74) is 2.26. The molecule has 0 amide bonds. The molecule has 2 aromatic carbocycles. The van der Waals surface area contributed by atoms with Crippen LogP contribution in [0.4, 0.5) is 0 Å². The molecule has 0 saturated carbocycles. The van der Waals surface area contributed by atoms with Crippen molar-refractivity contribution in [3.8, 4) is 6.07 Å². The first-order valence-electron chi connectivity index (χ1n) is 5.59. The van der Waals surface area contributed by atoms with Crippen LogP contribution in [-0.2, 0) is 6.42 Å². The van der Waals surface area contributed by atoms with Crippen molar-refractivity contribution in [1.29, 1.82) is 5.26 Å². The zero-order valence-electron chi connectivity index (χ0n) is 9.98. The molecule has 0 aliphatic rings.